The Balaban J connectivity index is 1.56. The van der Waals surface area contributed by atoms with Crippen molar-refractivity contribution >= 4 is 47.3 Å². The molecule has 13 heteroatoms. The molecule has 0 aliphatic carbocycles. The Morgan fingerprint density at radius 2 is 1.88 bits per heavy atom. The van der Waals surface area contributed by atoms with E-state index in [-0.39, 0.29) is 36.8 Å². The van der Waals surface area contributed by atoms with Crippen molar-refractivity contribution in [3.8, 4) is 0 Å². The maximum atomic E-state index is 12.3. The van der Waals surface area contributed by atoms with E-state index in [1.165, 1.54) is 18.3 Å². The number of aliphatic carboxylic acids is 2. The summed E-state index contributed by atoms with van der Waals surface area (Å²) in [5.41, 5.74) is 6.90. The highest BCUT2D eigenvalue weighted by Crippen LogP contribution is 2.14. The molecule has 0 bridgehead atoms. The first kappa shape index (κ1) is 22.4. The fourth-order valence-electron chi connectivity index (χ4n) is 2.99. The van der Waals surface area contributed by atoms with Crippen molar-refractivity contribution in [3.63, 3.8) is 0 Å². The lowest BCUT2D eigenvalue weighted by molar-refractivity contribution is -0.140. The molecule has 3 atom stereocenters. The molecule has 2 aliphatic heterocycles. The molecule has 0 fully saturated rings. The number of carbonyl (C=O) groups is 4. The summed E-state index contributed by atoms with van der Waals surface area (Å²) < 4.78 is 0. The van der Waals surface area contributed by atoms with Crippen LogP contribution in [0, 0.1) is 0 Å². The lowest BCUT2D eigenvalue weighted by Crippen LogP contribution is -2.52. The Bertz CT molecular complexity index is 1020. The van der Waals surface area contributed by atoms with Gasteiger partial charge in [-0.2, -0.15) is 0 Å². The quantitative estimate of drug-likeness (QED) is 0.273. The van der Waals surface area contributed by atoms with E-state index in [9.17, 15) is 19.2 Å². The minimum Gasteiger partial charge on any atom is -0.481 e. The molecule has 0 unspecified atom stereocenters. The van der Waals surface area contributed by atoms with Gasteiger partial charge >= 0.3 is 11.9 Å². The number of nitrogens with zero attached hydrogens (tertiary/aromatic N) is 3. The van der Waals surface area contributed by atoms with E-state index >= 15 is 0 Å². The third-order valence-electron chi connectivity index (χ3n) is 4.63. The van der Waals surface area contributed by atoms with Gasteiger partial charge in [-0.1, -0.05) is 0 Å². The van der Waals surface area contributed by atoms with Gasteiger partial charge in [0.25, 0.3) is 11.8 Å². The summed E-state index contributed by atoms with van der Waals surface area (Å²) >= 11 is 0. The molecular weight excluding hydrogens is 422 g/mol. The number of rotatable bonds is 9. The minimum atomic E-state index is -1.31. The average molecular weight is 443 g/mol. The molecule has 1 aromatic rings. The number of benzene rings is 1. The van der Waals surface area contributed by atoms with Crippen molar-refractivity contribution in [3.05, 3.63) is 29.8 Å². The van der Waals surface area contributed by atoms with Gasteiger partial charge in [0.1, 0.15) is 6.04 Å². The van der Waals surface area contributed by atoms with Gasteiger partial charge in [0.15, 0.2) is 18.2 Å². The largest absolute Gasteiger partial charge is 0.481 e. The van der Waals surface area contributed by atoms with Crippen molar-refractivity contribution < 1.29 is 29.4 Å². The van der Waals surface area contributed by atoms with Crippen LogP contribution >= 0.6 is 0 Å². The van der Waals surface area contributed by atoms with Crippen LogP contribution in [-0.2, 0) is 14.4 Å². The zero-order valence-corrected chi connectivity index (χ0v) is 16.7. The fourth-order valence-corrected chi connectivity index (χ4v) is 2.99. The van der Waals surface area contributed by atoms with Crippen LogP contribution < -0.4 is 21.7 Å². The number of carboxylic acids is 2. The van der Waals surface area contributed by atoms with E-state index < -0.39 is 36.1 Å². The van der Waals surface area contributed by atoms with Gasteiger partial charge in [-0.25, -0.2) is 9.79 Å². The first-order valence-electron chi connectivity index (χ1n) is 9.56. The number of guanidine groups is 1. The molecular formula is C19H21N7O6. The van der Waals surface area contributed by atoms with Gasteiger partial charge in [0, 0.05) is 23.9 Å². The Labute approximate surface area is 181 Å². The summed E-state index contributed by atoms with van der Waals surface area (Å²) in [6, 6.07) is 4.13. The smallest absolute Gasteiger partial charge is 0.326 e. The second-order valence-electron chi connectivity index (χ2n) is 6.99. The van der Waals surface area contributed by atoms with Crippen molar-refractivity contribution in [2.24, 2.45) is 20.7 Å². The molecule has 0 saturated carbocycles. The zero-order valence-electron chi connectivity index (χ0n) is 16.7. The number of carbonyl (C=O) groups excluding carboxylic acids is 2. The maximum absolute atomic E-state index is 12.3. The molecule has 168 valence electrons. The van der Waals surface area contributed by atoms with Crippen molar-refractivity contribution in [1.29, 1.82) is 0 Å². The van der Waals surface area contributed by atoms with E-state index in [0.29, 0.717) is 11.4 Å². The normalized spacial score (nSPS) is 20.2. The number of hydrogen-bond donors (Lipinski definition) is 6. The van der Waals surface area contributed by atoms with E-state index in [2.05, 4.69) is 30.9 Å². The molecule has 2 heterocycles. The summed E-state index contributed by atoms with van der Waals surface area (Å²) in [6.07, 6.45) is 0.234. The Morgan fingerprint density at radius 1 is 1.16 bits per heavy atom. The van der Waals surface area contributed by atoms with E-state index in [1.54, 1.807) is 12.1 Å². The molecule has 2 aliphatic rings. The van der Waals surface area contributed by atoms with Crippen LogP contribution in [-0.4, -0.2) is 76.6 Å². The zero-order chi connectivity index (χ0) is 23.3. The highest BCUT2D eigenvalue weighted by molar-refractivity contribution is 6.33. The van der Waals surface area contributed by atoms with Crippen LogP contribution in [0.4, 0.5) is 5.69 Å². The Hall–Kier alpha value is -4.29. The number of anilines is 1. The van der Waals surface area contributed by atoms with Gasteiger partial charge in [-0.3, -0.25) is 29.7 Å². The van der Waals surface area contributed by atoms with Crippen molar-refractivity contribution in [2.45, 2.75) is 31.1 Å². The van der Waals surface area contributed by atoms with Crippen molar-refractivity contribution in [1.82, 2.24) is 10.6 Å². The first-order valence-corrected chi connectivity index (χ1v) is 9.56. The minimum absolute atomic E-state index is 0.00543. The summed E-state index contributed by atoms with van der Waals surface area (Å²) in [7, 11) is 0. The second-order valence-corrected chi connectivity index (χ2v) is 6.99. The number of fused-ring (bicyclic) bond motifs is 1. The van der Waals surface area contributed by atoms with Crippen LogP contribution in [0.1, 0.15) is 23.2 Å². The van der Waals surface area contributed by atoms with Crippen LogP contribution in [0.5, 0.6) is 0 Å². The van der Waals surface area contributed by atoms with Crippen LogP contribution in [0.25, 0.3) is 0 Å². The molecule has 3 rings (SSSR count). The molecule has 32 heavy (non-hydrogen) atoms. The summed E-state index contributed by atoms with van der Waals surface area (Å²) in [5.74, 6) is -3.46. The first-order chi connectivity index (χ1) is 15.2. The average Bonchev–Trinajstić information content (AvgIpc) is 2.75. The Kier molecular flexibility index (Phi) is 6.77. The molecule has 0 spiro atoms. The number of nitrogens with two attached hydrogens (primary N) is 1. The van der Waals surface area contributed by atoms with Crippen LogP contribution in [0.2, 0.25) is 0 Å². The second kappa shape index (κ2) is 9.68. The summed E-state index contributed by atoms with van der Waals surface area (Å²) in [5, 5.41) is 25.6. The number of hydrogen-bond acceptors (Lipinski definition) is 9. The lowest BCUT2D eigenvalue weighted by Gasteiger charge is -2.25. The van der Waals surface area contributed by atoms with E-state index in [4.69, 9.17) is 15.9 Å². The maximum Gasteiger partial charge on any atom is 0.326 e. The molecule has 0 aromatic heterocycles. The topological polar surface area (TPSA) is 208 Å². The number of aliphatic imine (C=N–C) groups is 3. The van der Waals surface area contributed by atoms with Gasteiger partial charge in [-0.05, 0) is 30.7 Å². The number of amides is 2. The third kappa shape index (κ3) is 5.65. The predicted molar refractivity (Wildman–Crippen MR) is 114 cm³/mol. The van der Waals surface area contributed by atoms with E-state index in [0.717, 1.165) is 0 Å². The monoisotopic (exact) mass is 443 g/mol. The molecule has 0 radical (unpaired) electrons. The lowest BCUT2D eigenvalue weighted by atomic mass is 10.1. The molecule has 7 N–H and O–H groups in total. The summed E-state index contributed by atoms with van der Waals surface area (Å²) in [4.78, 5) is 58.6. The molecule has 0 saturated heterocycles. The highest BCUT2D eigenvalue weighted by atomic mass is 16.4. The number of nitrogens with one attached hydrogen (secondary N) is 3. The molecule has 13 nitrogen and oxygen atoms in total. The Morgan fingerprint density at radius 3 is 2.53 bits per heavy atom. The predicted octanol–water partition coefficient (Wildman–Crippen LogP) is -1.19. The molecule has 2 amide bonds. The standard InChI is InChI=1S/C19H21N7O6/c20-19-25-15-14(17(30)26-19)23-11(8-22-15)7-21-10-3-1-9(2-4-10)16(29)24-12(18(31)32)5-6-13(27)28/h1-4,8,12,14-15,21H,5-7H2,(H,24,29)(H,27,28)(H,31,32)(H3,20,25,26,30)/t12-,14-,15+/m0/s1. The van der Waals surface area contributed by atoms with Crippen LogP contribution in [0.3, 0.4) is 0 Å². The van der Waals surface area contributed by atoms with Gasteiger partial charge < -0.3 is 26.6 Å². The van der Waals surface area contributed by atoms with Crippen molar-refractivity contribution in [2.75, 3.05) is 11.9 Å². The third-order valence-corrected chi connectivity index (χ3v) is 4.63. The highest BCUT2D eigenvalue weighted by Gasteiger charge is 2.34. The summed E-state index contributed by atoms with van der Waals surface area (Å²) in [6.45, 7) is 0.265. The van der Waals surface area contributed by atoms with Gasteiger partial charge in [0.05, 0.1) is 12.3 Å². The van der Waals surface area contributed by atoms with Crippen LogP contribution in [0.15, 0.2) is 39.2 Å². The van der Waals surface area contributed by atoms with E-state index in [1.807, 2.05) is 0 Å². The van der Waals surface area contributed by atoms with Gasteiger partial charge in [-0.15, -0.1) is 0 Å². The fraction of sp³-hybridized carbons (Fsp3) is 0.316. The molecule has 1 aromatic carbocycles. The SMILES string of the molecule is NC1=N[C@H]2N=CC(CNc3ccc(C(=O)N[C@@H](CCC(=O)O)C(=O)O)cc3)=N[C@@H]2C(=O)N1. The number of carboxylic acid groups (broad SMARTS) is 2. The van der Waals surface area contributed by atoms with Gasteiger partial charge in [0.2, 0.25) is 0 Å².